The normalized spacial score (nSPS) is 11.5. The minimum absolute atomic E-state index is 0.106. The minimum Gasteiger partial charge on any atom is -0.402 e. The summed E-state index contributed by atoms with van der Waals surface area (Å²) in [5.74, 6) is -0.460. The van der Waals surface area contributed by atoms with Crippen molar-refractivity contribution in [1.82, 2.24) is 4.98 Å². The van der Waals surface area contributed by atoms with Crippen LogP contribution in [0.5, 0.6) is 5.75 Å². The van der Waals surface area contributed by atoms with Crippen LogP contribution in [0.4, 0.5) is 13.2 Å². The Morgan fingerprint density at radius 1 is 1.50 bits per heavy atom. The number of ether oxygens (including phenoxy) is 1. The maximum Gasteiger partial charge on any atom is 0.573 e. The van der Waals surface area contributed by atoms with Crippen molar-refractivity contribution in [2.75, 3.05) is 0 Å². The van der Waals surface area contributed by atoms with Crippen LogP contribution in [0.1, 0.15) is 5.69 Å². The lowest BCUT2D eigenvalue weighted by molar-refractivity contribution is -0.274. The van der Waals surface area contributed by atoms with Gasteiger partial charge < -0.3 is 4.74 Å². The Balaban J connectivity index is 3.05. The van der Waals surface area contributed by atoms with Crippen LogP contribution < -0.4 is 4.74 Å². The number of halogens is 5. The van der Waals surface area contributed by atoms with Gasteiger partial charge in [0.25, 0.3) is 0 Å². The molecule has 0 atom stereocenters. The summed E-state index contributed by atoms with van der Waals surface area (Å²) >= 11 is 8.51. The summed E-state index contributed by atoms with van der Waals surface area (Å²) in [4.78, 5) is 3.69. The third kappa shape index (κ3) is 3.02. The SMILES string of the molecule is FC(F)(F)Oc1c(Cl)ccnc1CBr. The van der Waals surface area contributed by atoms with Gasteiger partial charge in [0.15, 0.2) is 5.75 Å². The summed E-state index contributed by atoms with van der Waals surface area (Å²) in [5.41, 5.74) is 0.106. The van der Waals surface area contributed by atoms with Gasteiger partial charge in [-0.05, 0) is 6.07 Å². The van der Waals surface area contributed by atoms with Crippen LogP contribution in [0.3, 0.4) is 0 Å². The standard InChI is InChI=1S/C7H4BrClF3NO/c8-3-5-6(14-7(10,11)12)4(9)1-2-13-5/h1-2H,3H2. The number of aromatic nitrogens is 1. The molecule has 0 radical (unpaired) electrons. The van der Waals surface area contributed by atoms with Crippen LogP contribution in [-0.2, 0) is 5.33 Å². The van der Waals surface area contributed by atoms with Crippen molar-refractivity contribution in [2.45, 2.75) is 11.7 Å². The zero-order valence-electron chi connectivity index (χ0n) is 6.61. The molecular weight excluding hydrogens is 286 g/mol. The highest BCUT2D eigenvalue weighted by Gasteiger charge is 2.33. The monoisotopic (exact) mass is 289 g/mol. The summed E-state index contributed by atoms with van der Waals surface area (Å²) in [5, 5.41) is 0.0191. The second-order valence-electron chi connectivity index (χ2n) is 2.25. The van der Waals surface area contributed by atoms with Crippen molar-refractivity contribution in [1.29, 1.82) is 0 Å². The van der Waals surface area contributed by atoms with Crippen LogP contribution in [0, 0.1) is 0 Å². The van der Waals surface area contributed by atoms with Crippen molar-refractivity contribution in [3.63, 3.8) is 0 Å². The van der Waals surface area contributed by atoms with Gasteiger partial charge in [-0.2, -0.15) is 0 Å². The molecule has 0 fully saturated rings. The Bertz CT molecular complexity index is 331. The van der Waals surface area contributed by atoms with Crippen molar-refractivity contribution < 1.29 is 17.9 Å². The van der Waals surface area contributed by atoms with Crippen molar-refractivity contribution in [3.05, 3.63) is 23.0 Å². The van der Waals surface area contributed by atoms with E-state index in [9.17, 15) is 13.2 Å². The van der Waals surface area contributed by atoms with Gasteiger partial charge in [0.2, 0.25) is 0 Å². The highest BCUT2D eigenvalue weighted by atomic mass is 79.9. The molecule has 7 heteroatoms. The van der Waals surface area contributed by atoms with E-state index in [1.54, 1.807) is 0 Å². The fourth-order valence-corrected chi connectivity index (χ4v) is 1.39. The molecule has 78 valence electrons. The van der Waals surface area contributed by atoms with E-state index < -0.39 is 12.1 Å². The molecule has 0 saturated carbocycles. The molecule has 0 aliphatic carbocycles. The molecule has 0 saturated heterocycles. The van der Waals surface area contributed by atoms with E-state index in [-0.39, 0.29) is 16.0 Å². The summed E-state index contributed by atoms with van der Waals surface area (Å²) in [6.45, 7) is 0. The van der Waals surface area contributed by atoms with Crippen molar-refractivity contribution in [2.24, 2.45) is 0 Å². The van der Waals surface area contributed by atoms with Gasteiger partial charge in [-0.15, -0.1) is 13.2 Å². The lowest BCUT2D eigenvalue weighted by atomic mass is 10.3. The molecule has 0 unspecified atom stereocenters. The summed E-state index contributed by atoms with van der Waals surface area (Å²) in [6, 6.07) is 1.23. The highest BCUT2D eigenvalue weighted by molar-refractivity contribution is 9.08. The average Bonchev–Trinajstić information content (AvgIpc) is 2.06. The zero-order chi connectivity index (χ0) is 10.8. The quantitative estimate of drug-likeness (QED) is 0.777. The maximum atomic E-state index is 11.9. The molecule has 1 aromatic heterocycles. The second kappa shape index (κ2) is 4.35. The molecular formula is C7H4BrClF3NO. The zero-order valence-corrected chi connectivity index (χ0v) is 8.95. The van der Waals surface area contributed by atoms with E-state index in [1.807, 2.05) is 0 Å². The van der Waals surface area contributed by atoms with E-state index in [2.05, 4.69) is 25.7 Å². The number of pyridine rings is 1. The smallest absolute Gasteiger partial charge is 0.402 e. The fraction of sp³-hybridized carbons (Fsp3) is 0.286. The average molecular weight is 290 g/mol. The van der Waals surface area contributed by atoms with Gasteiger partial charge in [0.05, 0.1) is 10.7 Å². The predicted molar refractivity (Wildman–Crippen MR) is 48.6 cm³/mol. The predicted octanol–water partition coefficient (Wildman–Crippen LogP) is 3.53. The maximum absolute atomic E-state index is 11.9. The van der Waals surface area contributed by atoms with Gasteiger partial charge in [-0.3, -0.25) is 4.98 Å². The van der Waals surface area contributed by atoms with Gasteiger partial charge in [0.1, 0.15) is 0 Å². The number of alkyl halides is 4. The van der Waals surface area contributed by atoms with E-state index in [1.165, 1.54) is 12.3 Å². The third-order valence-electron chi connectivity index (χ3n) is 1.27. The Hall–Kier alpha value is -0.490. The molecule has 14 heavy (non-hydrogen) atoms. The van der Waals surface area contributed by atoms with Gasteiger partial charge in [-0.1, -0.05) is 27.5 Å². The Morgan fingerprint density at radius 3 is 2.64 bits per heavy atom. The van der Waals surface area contributed by atoms with Gasteiger partial charge >= 0.3 is 6.36 Å². The fourth-order valence-electron chi connectivity index (χ4n) is 0.783. The van der Waals surface area contributed by atoms with Crippen LogP contribution in [0.15, 0.2) is 12.3 Å². The summed E-state index contributed by atoms with van der Waals surface area (Å²) in [6.07, 6.45) is -3.45. The molecule has 0 aliphatic heterocycles. The lowest BCUT2D eigenvalue weighted by Crippen LogP contribution is -2.18. The topological polar surface area (TPSA) is 22.1 Å². The van der Waals surface area contributed by atoms with Crippen LogP contribution >= 0.6 is 27.5 Å². The molecule has 0 aromatic carbocycles. The van der Waals surface area contributed by atoms with Crippen LogP contribution in [0.2, 0.25) is 5.02 Å². The Labute approximate surface area is 91.2 Å². The minimum atomic E-state index is -4.76. The molecule has 0 amide bonds. The molecule has 0 N–H and O–H groups in total. The van der Waals surface area contributed by atoms with Crippen LogP contribution in [-0.4, -0.2) is 11.3 Å². The molecule has 0 bridgehead atoms. The molecule has 1 heterocycles. The number of hydrogen-bond acceptors (Lipinski definition) is 2. The van der Waals surface area contributed by atoms with E-state index in [0.29, 0.717) is 0 Å². The first-order chi connectivity index (χ1) is 6.44. The first-order valence-corrected chi connectivity index (χ1v) is 4.89. The van der Waals surface area contributed by atoms with E-state index in [0.717, 1.165) is 0 Å². The molecule has 2 nitrogen and oxygen atoms in total. The van der Waals surface area contributed by atoms with Gasteiger partial charge in [0, 0.05) is 11.5 Å². The molecule has 1 aromatic rings. The first-order valence-electron chi connectivity index (χ1n) is 3.39. The van der Waals surface area contributed by atoms with Crippen LogP contribution in [0.25, 0.3) is 0 Å². The Morgan fingerprint density at radius 2 is 2.14 bits per heavy atom. The van der Waals surface area contributed by atoms with Crippen molar-refractivity contribution >= 4 is 27.5 Å². The number of nitrogens with zero attached hydrogens (tertiary/aromatic N) is 1. The number of rotatable bonds is 2. The van der Waals surface area contributed by atoms with Gasteiger partial charge in [-0.25, -0.2) is 0 Å². The summed E-state index contributed by atoms with van der Waals surface area (Å²) < 4.78 is 39.5. The summed E-state index contributed by atoms with van der Waals surface area (Å²) in [7, 11) is 0. The van der Waals surface area contributed by atoms with Crippen molar-refractivity contribution in [3.8, 4) is 5.75 Å². The third-order valence-corrected chi connectivity index (χ3v) is 2.10. The second-order valence-corrected chi connectivity index (χ2v) is 3.22. The van der Waals surface area contributed by atoms with E-state index >= 15 is 0 Å². The lowest BCUT2D eigenvalue weighted by Gasteiger charge is -2.12. The number of hydrogen-bond donors (Lipinski definition) is 0. The molecule has 0 aliphatic rings. The Kier molecular flexibility index (Phi) is 3.60. The van der Waals surface area contributed by atoms with E-state index in [4.69, 9.17) is 11.6 Å². The molecule has 0 spiro atoms. The largest absolute Gasteiger partial charge is 0.573 e. The molecule has 1 rings (SSSR count). The first kappa shape index (κ1) is 11.6. The highest BCUT2D eigenvalue weighted by Crippen LogP contribution is 2.33.